The molecule has 3 rings (SSSR count). The number of rotatable bonds is 3. The molecule has 114 valence electrons. The number of piperidine rings is 1. The van der Waals surface area contributed by atoms with Crippen molar-refractivity contribution >= 4 is 17.3 Å². The summed E-state index contributed by atoms with van der Waals surface area (Å²) in [6.07, 6.45) is 6.72. The number of nitro benzene ring substituents is 1. The van der Waals surface area contributed by atoms with Crippen LogP contribution in [0.25, 0.3) is 0 Å². The molecule has 0 spiro atoms. The Kier molecular flexibility index (Phi) is 4.45. The van der Waals surface area contributed by atoms with Crippen molar-refractivity contribution in [1.82, 2.24) is 4.90 Å². The van der Waals surface area contributed by atoms with Crippen LogP contribution in [0.1, 0.15) is 37.7 Å². The zero-order chi connectivity index (χ0) is 14.8. The molecule has 4 nitrogen and oxygen atoms in total. The van der Waals surface area contributed by atoms with E-state index >= 15 is 0 Å². The summed E-state index contributed by atoms with van der Waals surface area (Å²) in [5.41, 5.74) is 1.00. The number of non-ortho nitro benzene ring substituents is 1. The Morgan fingerprint density at radius 2 is 2.00 bits per heavy atom. The maximum Gasteiger partial charge on any atom is 0.269 e. The number of benzene rings is 1. The van der Waals surface area contributed by atoms with Gasteiger partial charge in [-0.3, -0.25) is 15.0 Å². The van der Waals surface area contributed by atoms with Gasteiger partial charge in [-0.15, -0.1) is 0 Å². The van der Waals surface area contributed by atoms with Crippen LogP contribution in [-0.2, 0) is 6.54 Å². The molecule has 2 atom stereocenters. The molecular weight excluding hydrogens is 288 g/mol. The van der Waals surface area contributed by atoms with Crippen LogP contribution < -0.4 is 0 Å². The number of nitrogens with zero attached hydrogens (tertiary/aromatic N) is 2. The van der Waals surface area contributed by atoms with E-state index in [1.54, 1.807) is 12.1 Å². The number of hydrogen-bond acceptors (Lipinski definition) is 3. The lowest BCUT2D eigenvalue weighted by atomic mass is 9.75. The number of nitro groups is 1. The van der Waals surface area contributed by atoms with Crippen LogP contribution in [0.2, 0.25) is 5.02 Å². The summed E-state index contributed by atoms with van der Waals surface area (Å²) < 4.78 is 0. The lowest BCUT2D eigenvalue weighted by Crippen LogP contribution is -2.41. The van der Waals surface area contributed by atoms with Gasteiger partial charge in [0, 0.05) is 30.2 Å². The molecule has 1 saturated carbocycles. The van der Waals surface area contributed by atoms with Crippen LogP contribution in [0, 0.1) is 22.0 Å². The van der Waals surface area contributed by atoms with E-state index in [9.17, 15) is 10.1 Å². The van der Waals surface area contributed by atoms with Gasteiger partial charge in [0.25, 0.3) is 5.69 Å². The van der Waals surface area contributed by atoms with Gasteiger partial charge >= 0.3 is 0 Å². The van der Waals surface area contributed by atoms with Crippen LogP contribution in [-0.4, -0.2) is 22.9 Å². The van der Waals surface area contributed by atoms with Crippen molar-refractivity contribution in [2.45, 2.75) is 38.6 Å². The number of halogens is 1. The first kappa shape index (κ1) is 14.8. The summed E-state index contributed by atoms with van der Waals surface area (Å²) >= 11 is 6.21. The van der Waals surface area contributed by atoms with Crippen LogP contribution in [0.5, 0.6) is 0 Å². The Morgan fingerprint density at radius 1 is 1.24 bits per heavy atom. The summed E-state index contributed by atoms with van der Waals surface area (Å²) in [5, 5.41) is 11.5. The van der Waals surface area contributed by atoms with Crippen LogP contribution in [0.4, 0.5) is 5.69 Å². The number of fused-ring (bicyclic) bond motifs is 1. The second-order valence-corrected chi connectivity index (χ2v) is 6.77. The summed E-state index contributed by atoms with van der Waals surface area (Å²) in [4.78, 5) is 13.0. The molecule has 0 N–H and O–H groups in total. The van der Waals surface area contributed by atoms with E-state index in [1.807, 2.05) is 0 Å². The smallest absolute Gasteiger partial charge is 0.269 e. The summed E-state index contributed by atoms with van der Waals surface area (Å²) in [7, 11) is 0. The molecule has 21 heavy (non-hydrogen) atoms. The van der Waals surface area contributed by atoms with Gasteiger partial charge in [0.2, 0.25) is 0 Å². The Labute approximate surface area is 130 Å². The summed E-state index contributed by atoms with van der Waals surface area (Å²) in [6.45, 7) is 2.92. The molecular formula is C16H21ClN2O2. The van der Waals surface area contributed by atoms with Crippen LogP contribution in [0.15, 0.2) is 18.2 Å². The minimum absolute atomic E-state index is 0.127. The Bertz CT molecular complexity index is 535. The van der Waals surface area contributed by atoms with Crippen molar-refractivity contribution in [3.63, 3.8) is 0 Å². The molecule has 1 aromatic carbocycles. The fraction of sp³-hybridized carbons (Fsp3) is 0.625. The highest BCUT2D eigenvalue weighted by Crippen LogP contribution is 2.36. The monoisotopic (exact) mass is 308 g/mol. The van der Waals surface area contributed by atoms with Crippen molar-refractivity contribution in [2.24, 2.45) is 11.8 Å². The van der Waals surface area contributed by atoms with Crippen molar-refractivity contribution in [3.8, 4) is 0 Å². The van der Waals surface area contributed by atoms with E-state index in [2.05, 4.69) is 4.90 Å². The lowest BCUT2D eigenvalue weighted by Gasteiger charge is -2.41. The van der Waals surface area contributed by atoms with E-state index in [4.69, 9.17) is 11.6 Å². The molecule has 1 aliphatic heterocycles. The molecule has 2 fully saturated rings. The molecule has 0 radical (unpaired) electrons. The van der Waals surface area contributed by atoms with Crippen LogP contribution in [0.3, 0.4) is 0 Å². The first-order valence-corrected chi connectivity index (χ1v) is 8.16. The minimum Gasteiger partial charge on any atom is -0.299 e. The maximum absolute atomic E-state index is 10.9. The highest BCUT2D eigenvalue weighted by Gasteiger charge is 2.31. The fourth-order valence-electron chi connectivity index (χ4n) is 3.86. The van der Waals surface area contributed by atoms with Gasteiger partial charge in [0.1, 0.15) is 0 Å². The largest absolute Gasteiger partial charge is 0.299 e. The van der Waals surface area contributed by atoms with Gasteiger partial charge in [-0.05, 0) is 42.9 Å². The van der Waals surface area contributed by atoms with Gasteiger partial charge in [0.05, 0.1) is 4.92 Å². The fourth-order valence-corrected chi connectivity index (χ4v) is 4.03. The SMILES string of the molecule is O=[N+]([O-])c1ccc(Cl)c(CN2CCC3CCCCC3C2)c1. The van der Waals surface area contributed by atoms with E-state index in [1.165, 1.54) is 38.2 Å². The standard InChI is InChI=1S/C16H21ClN2O2/c17-16-6-5-15(19(20)21)9-14(16)11-18-8-7-12-3-1-2-4-13(12)10-18/h5-6,9,12-13H,1-4,7-8,10-11H2. The van der Waals surface area contributed by atoms with E-state index < -0.39 is 0 Å². The van der Waals surface area contributed by atoms with Crippen molar-refractivity contribution < 1.29 is 4.92 Å². The summed E-state index contributed by atoms with van der Waals surface area (Å²) in [5.74, 6) is 1.71. The first-order valence-electron chi connectivity index (χ1n) is 7.78. The molecule has 0 amide bonds. The van der Waals surface area contributed by atoms with E-state index in [-0.39, 0.29) is 10.6 Å². The van der Waals surface area contributed by atoms with E-state index in [0.717, 1.165) is 37.0 Å². The normalized spacial score (nSPS) is 26.3. The Morgan fingerprint density at radius 3 is 2.76 bits per heavy atom. The highest BCUT2D eigenvalue weighted by atomic mass is 35.5. The molecule has 0 bridgehead atoms. The average Bonchev–Trinajstić information content (AvgIpc) is 2.49. The topological polar surface area (TPSA) is 46.4 Å². The zero-order valence-electron chi connectivity index (χ0n) is 12.1. The highest BCUT2D eigenvalue weighted by molar-refractivity contribution is 6.31. The number of likely N-dealkylation sites (tertiary alicyclic amines) is 1. The molecule has 0 aromatic heterocycles. The predicted octanol–water partition coefficient (Wildman–Crippen LogP) is 4.26. The molecule has 5 heteroatoms. The molecule has 1 heterocycles. The van der Waals surface area contributed by atoms with Gasteiger partial charge in [-0.25, -0.2) is 0 Å². The molecule has 1 saturated heterocycles. The van der Waals surface area contributed by atoms with E-state index in [0.29, 0.717) is 5.02 Å². The van der Waals surface area contributed by atoms with Crippen molar-refractivity contribution in [1.29, 1.82) is 0 Å². The second kappa shape index (κ2) is 6.32. The quantitative estimate of drug-likeness (QED) is 0.619. The summed E-state index contributed by atoms with van der Waals surface area (Å²) in [6, 6.07) is 4.73. The van der Waals surface area contributed by atoms with Gasteiger partial charge in [-0.1, -0.05) is 30.9 Å². The minimum atomic E-state index is -0.354. The number of hydrogen-bond donors (Lipinski definition) is 0. The van der Waals surface area contributed by atoms with Gasteiger partial charge in [-0.2, -0.15) is 0 Å². The molecule has 2 unspecified atom stereocenters. The maximum atomic E-state index is 10.9. The lowest BCUT2D eigenvalue weighted by molar-refractivity contribution is -0.384. The predicted molar refractivity (Wildman–Crippen MR) is 83.4 cm³/mol. The molecule has 1 aromatic rings. The van der Waals surface area contributed by atoms with Gasteiger partial charge < -0.3 is 0 Å². The molecule has 2 aliphatic rings. The van der Waals surface area contributed by atoms with Gasteiger partial charge in [0.15, 0.2) is 0 Å². The third kappa shape index (κ3) is 3.38. The Hall–Kier alpha value is -1.13. The third-order valence-corrected chi connectivity index (χ3v) is 5.38. The van der Waals surface area contributed by atoms with Crippen LogP contribution >= 0.6 is 11.6 Å². The Balaban J connectivity index is 1.69. The first-order chi connectivity index (χ1) is 10.1. The zero-order valence-corrected chi connectivity index (χ0v) is 12.9. The molecule has 1 aliphatic carbocycles. The average molecular weight is 309 g/mol. The second-order valence-electron chi connectivity index (χ2n) is 6.36. The van der Waals surface area contributed by atoms with Crippen molar-refractivity contribution in [2.75, 3.05) is 13.1 Å². The third-order valence-electron chi connectivity index (χ3n) is 5.01. The van der Waals surface area contributed by atoms with Crippen molar-refractivity contribution in [3.05, 3.63) is 38.9 Å².